The predicted molar refractivity (Wildman–Crippen MR) is 141 cm³/mol. The van der Waals surface area contributed by atoms with Crippen molar-refractivity contribution < 1.29 is 22.8 Å². The summed E-state index contributed by atoms with van der Waals surface area (Å²) in [6.45, 7) is 0. The number of nitrogens with one attached hydrogen (secondary N) is 2. The number of anilines is 2. The van der Waals surface area contributed by atoms with Crippen LogP contribution in [0.3, 0.4) is 0 Å². The van der Waals surface area contributed by atoms with Gasteiger partial charge in [0, 0.05) is 40.4 Å². The Balaban J connectivity index is 1.49. The number of fused-ring (bicyclic) bond motifs is 3. The molecule has 1 aliphatic carbocycles. The fourth-order valence-electron chi connectivity index (χ4n) is 5.02. The Morgan fingerprint density at radius 2 is 1.86 bits per heavy atom. The molecule has 2 N–H and O–H groups in total. The number of nitro benzene ring substituents is 1. The van der Waals surface area contributed by atoms with E-state index in [2.05, 4.69) is 16.1 Å². The first-order chi connectivity index (χ1) is 17.7. The highest BCUT2D eigenvalue weighted by atomic mass is 35.5. The molecule has 3 aromatic rings. The van der Waals surface area contributed by atoms with E-state index in [1.54, 1.807) is 36.4 Å². The Hall–Kier alpha value is -3.76. The van der Waals surface area contributed by atoms with Crippen LogP contribution in [0.2, 0.25) is 5.02 Å². The highest BCUT2D eigenvalue weighted by Crippen LogP contribution is 2.51. The molecule has 9 nitrogen and oxygen atoms in total. The van der Waals surface area contributed by atoms with Crippen LogP contribution in [0, 0.1) is 16.0 Å². The first-order valence-corrected chi connectivity index (χ1v) is 13.3. The minimum atomic E-state index is -3.93. The van der Waals surface area contributed by atoms with Gasteiger partial charge in [0.05, 0.1) is 35.8 Å². The van der Waals surface area contributed by atoms with Gasteiger partial charge < -0.3 is 14.8 Å². The summed E-state index contributed by atoms with van der Waals surface area (Å²) in [5, 5.41) is 15.3. The lowest BCUT2D eigenvalue weighted by Gasteiger charge is -2.38. The minimum absolute atomic E-state index is 0.0135. The molecule has 0 saturated carbocycles. The zero-order valence-corrected chi connectivity index (χ0v) is 21.5. The zero-order valence-electron chi connectivity index (χ0n) is 20.0. The Morgan fingerprint density at radius 1 is 1.05 bits per heavy atom. The van der Waals surface area contributed by atoms with Crippen LogP contribution in [0.25, 0.3) is 0 Å². The molecule has 0 saturated heterocycles. The Kier molecular flexibility index (Phi) is 6.47. The van der Waals surface area contributed by atoms with Crippen LogP contribution in [0.1, 0.15) is 29.5 Å². The summed E-state index contributed by atoms with van der Waals surface area (Å²) in [5.41, 5.74) is 2.49. The molecule has 5 rings (SSSR count). The van der Waals surface area contributed by atoms with Gasteiger partial charge in [0.15, 0.2) is 0 Å². The summed E-state index contributed by atoms with van der Waals surface area (Å²) in [6, 6.07) is 13.9. The number of nitrogens with zero attached hydrogens (tertiary/aromatic N) is 1. The monoisotopic (exact) mass is 541 g/mol. The minimum Gasteiger partial charge on any atom is -0.497 e. The third-order valence-electron chi connectivity index (χ3n) is 6.82. The highest BCUT2D eigenvalue weighted by Gasteiger charge is 2.39. The third kappa shape index (κ3) is 4.58. The number of hydrogen-bond acceptors (Lipinski definition) is 7. The molecule has 3 atom stereocenters. The van der Waals surface area contributed by atoms with Gasteiger partial charge in [0.25, 0.3) is 15.7 Å². The number of hydrogen-bond donors (Lipinski definition) is 2. The SMILES string of the molecule is COc1ccc(NS(=O)(=O)c2ccc3c(c2)[C@H]2C=CC[C@H]2[C@@H](c2cc([N+](=O)[O-])ccc2Cl)N3)c(OC)c1. The van der Waals surface area contributed by atoms with E-state index in [1.807, 2.05) is 6.08 Å². The summed E-state index contributed by atoms with van der Waals surface area (Å²) in [5.74, 6) is 0.803. The maximum atomic E-state index is 13.3. The summed E-state index contributed by atoms with van der Waals surface area (Å²) in [7, 11) is -0.966. The number of benzene rings is 3. The van der Waals surface area contributed by atoms with Crippen LogP contribution in [-0.4, -0.2) is 27.6 Å². The molecule has 3 aromatic carbocycles. The van der Waals surface area contributed by atoms with Crippen LogP contribution >= 0.6 is 11.6 Å². The van der Waals surface area contributed by atoms with Crippen molar-refractivity contribution in [1.29, 1.82) is 0 Å². The molecule has 1 heterocycles. The predicted octanol–water partition coefficient (Wildman–Crippen LogP) is 5.89. The van der Waals surface area contributed by atoms with Gasteiger partial charge in [-0.15, -0.1) is 0 Å². The number of allylic oxidation sites excluding steroid dienone is 2. The van der Waals surface area contributed by atoms with Gasteiger partial charge in [0.1, 0.15) is 11.5 Å². The lowest BCUT2D eigenvalue weighted by molar-refractivity contribution is -0.384. The average Bonchev–Trinajstić information content (AvgIpc) is 3.38. The largest absolute Gasteiger partial charge is 0.497 e. The summed E-state index contributed by atoms with van der Waals surface area (Å²) < 4.78 is 39.7. The molecule has 1 aliphatic heterocycles. The summed E-state index contributed by atoms with van der Waals surface area (Å²) in [6.07, 6.45) is 4.82. The van der Waals surface area contributed by atoms with Crippen molar-refractivity contribution in [3.8, 4) is 11.5 Å². The van der Waals surface area contributed by atoms with E-state index in [9.17, 15) is 18.5 Å². The van der Waals surface area contributed by atoms with Crippen LogP contribution < -0.4 is 19.5 Å². The molecule has 0 radical (unpaired) electrons. The van der Waals surface area contributed by atoms with Crippen molar-refractivity contribution in [3.63, 3.8) is 0 Å². The molecule has 192 valence electrons. The maximum absolute atomic E-state index is 13.3. The van der Waals surface area contributed by atoms with Crippen LogP contribution in [0.4, 0.5) is 17.1 Å². The summed E-state index contributed by atoms with van der Waals surface area (Å²) in [4.78, 5) is 11.0. The van der Waals surface area contributed by atoms with Crippen LogP contribution in [-0.2, 0) is 10.0 Å². The normalized spacial score (nSPS) is 19.9. The third-order valence-corrected chi connectivity index (χ3v) is 8.53. The van der Waals surface area contributed by atoms with Gasteiger partial charge in [-0.1, -0.05) is 23.8 Å². The highest BCUT2D eigenvalue weighted by molar-refractivity contribution is 7.92. The number of non-ortho nitro benzene ring substituents is 1. The molecular formula is C26H24ClN3O6S. The van der Waals surface area contributed by atoms with Gasteiger partial charge in [-0.3, -0.25) is 14.8 Å². The van der Waals surface area contributed by atoms with Crippen LogP contribution in [0.5, 0.6) is 11.5 Å². The lowest BCUT2D eigenvalue weighted by atomic mass is 9.77. The first kappa shape index (κ1) is 24.9. The van der Waals surface area contributed by atoms with E-state index in [-0.39, 0.29) is 34.1 Å². The molecule has 11 heteroatoms. The first-order valence-electron chi connectivity index (χ1n) is 11.5. The van der Waals surface area contributed by atoms with Crippen molar-refractivity contribution in [1.82, 2.24) is 0 Å². The molecule has 2 aliphatic rings. The lowest BCUT2D eigenvalue weighted by Crippen LogP contribution is -2.29. The molecule has 0 fully saturated rings. The number of ether oxygens (including phenoxy) is 2. The molecule has 0 spiro atoms. The van der Waals surface area contributed by atoms with E-state index in [1.165, 1.54) is 32.4 Å². The van der Waals surface area contributed by atoms with Gasteiger partial charge >= 0.3 is 0 Å². The fourth-order valence-corrected chi connectivity index (χ4v) is 6.36. The van der Waals surface area contributed by atoms with Gasteiger partial charge in [-0.05, 0) is 54.3 Å². The van der Waals surface area contributed by atoms with Gasteiger partial charge in [-0.25, -0.2) is 8.42 Å². The second kappa shape index (κ2) is 9.60. The maximum Gasteiger partial charge on any atom is 0.269 e. The van der Waals surface area contributed by atoms with Crippen molar-refractivity contribution in [2.45, 2.75) is 23.3 Å². The van der Waals surface area contributed by atoms with Crippen molar-refractivity contribution >= 4 is 38.7 Å². The number of sulfonamides is 1. The van der Waals surface area contributed by atoms with Crippen molar-refractivity contribution in [2.75, 3.05) is 24.3 Å². The van der Waals surface area contributed by atoms with Crippen molar-refractivity contribution in [2.24, 2.45) is 5.92 Å². The Bertz CT molecular complexity index is 1520. The van der Waals surface area contributed by atoms with Gasteiger partial charge in [-0.2, -0.15) is 0 Å². The number of rotatable bonds is 7. The second-order valence-electron chi connectivity index (χ2n) is 8.86. The smallest absolute Gasteiger partial charge is 0.269 e. The molecule has 0 unspecified atom stereocenters. The average molecular weight is 542 g/mol. The van der Waals surface area contributed by atoms with E-state index in [0.717, 1.165) is 17.7 Å². The molecular weight excluding hydrogens is 518 g/mol. The Labute approximate surface area is 219 Å². The fraction of sp³-hybridized carbons (Fsp3) is 0.231. The molecule has 37 heavy (non-hydrogen) atoms. The number of halogens is 1. The van der Waals surface area contributed by atoms with E-state index in [4.69, 9.17) is 21.1 Å². The molecule has 0 aromatic heterocycles. The number of methoxy groups -OCH3 is 2. The van der Waals surface area contributed by atoms with Gasteiger partial charge in [0.2, 0.25) is 0 Å². The number of nitro groups is 1. The zero-order chi connectivity index (χ0) is 26.3. The summed E-state index contributed by atoms with van der Waals surface area (Å²) >= 11 is 6.47. The van der Waals surface area contributed by atoms with E-state index in [0.29, 0.717) is 22.1 Å². The molecule has 0 amide bonds. The standard InChI is InChI=1S/C26H24ClN3O6S/c1-35-16-7-10-24(25(13-16)36-2)29-37(33,34)17-8-11-23-20(14-17)18-4-3-5-19(18)26(28-23)21-12-15(30(31)32)6-9-22(21)27/h3-4,6-14,18-19,26,28-29H,5H2,1-2H3/t18-,19+,26-/m0/s1. The van der Waals surface area contributed by atoms with E-state index < -0.39 is 14.9 Å². The Morgan fingerprint density at radius 3 is 2.59 bits per heavy atom. The van der Waals surface area contributed by atoms with Crippen LogP contribution in [0.15, 0.2) is 71.6 Å². The van der Waals surface area contributed by atoms with E-state index >= 15 is 0 Å². The molecule has 0 bridgehead atoms. The van der Waals surface area contributed by atoms with Crippen molar-refractivity contribution in [3.05, 3.63) is 93.0 Å². The second-order valence-corrected chi connectivity index (χ2v) is 10.9. The quantitative estimate of drug-likeness (QED) is 0.217. The topological polar surface area (TPSA) is 120 Å².